The fraction of sp³-hybridized carbons (Fsp3) is 0.250. The molecule has 0 unspecified atom stereocenters. The first-order chi connectivity index (χ1) is 10.7. The van der Waals surface area contributed by atoms with Crippen LogP contribution < -0.4 is 4.90 Å². The molecule has 0 aliphatic rings. The third kappa shape index (κ3) is 2.30. The van der Waals surface area contributed by atoms with Crippen LogP contribution in [0, 0.1) is 18.3 Å². The number of pyridine rings is 1. The van der Waals surface area contributed by atoms with Crippen LogP contribution in [0.2, 0.25) is 0 Å². The van der Waals surface area contributed by atoms with Crippen LogP contribution in [0.5, 0.6) is 0 Å². The molecule has 3 aromatic heterocycles. The van der Waals surface area contributed by atoms with Gasteiger partial charge in [-0.2, -0.15) is 5.26 Å². The van der Waals surface area contributed by atoms with Gasteiger partial charge in [-0.1, -0.05) is 0 Å². The van der Waals surface area contributed by atoms with E-state index in [4.69, 9.17) is 4.98 Å². The van der Waals surface area contributed by atoms with Crippen LogP contribution >= 0.6 is 11.3 Å². The minimum atomic E-state index is 0.663. The first kappa shape index (κ1) is 14.4. The Bertz CT molecular complexity index is 864. The van der Waals surface area contributed by atoms with Gasteiger partial charge in [-0.3, -0.25) is 4.98 Å². The van der Waals surface area contributed by atoms with Gasteiger partial charge in [-0.05, 0) is 31.5 Å². The number of aromatic nitrogens is 3. The summed E-state index contributed by atoms with van der Waals surface area (Å²) in [4.78, 5) is 17.0. The van der Waals surface area contributed by atoms with Gasteiger partial charge in [0.2, 0.25) is 0 Å². The molecule has 110 valence electrons. The van der Waals surface area contributed by atoms with E-state index in [1.807, 2.05) is 26.1 Å². The summed E-state index contributed by atoms with van der Waals surface area (Å²) in [5.74, 6) is 1.53. The molecule has 0 aliphatic carbocycles. The molecular weight excluding hydrogens is 294 g/mol. The Morgan fingerprint density at radius 2 is 2.00 bits per heavy atom. The molecule has 0 atom stereocenters. The summed E-state index contributed by atoms with van der Waals surface area (Å²) in [7, 11) is 2.00. The second kappa shape index (κ2) is 5.70. The summed E-state index contributed by atoms with van der Waals surface area (Å²) in [6.07, 6.45) is 3.46. The maximum atomic E-state index is 9.28. The van der Waals surface area contributed by atoms with E-state index < -0.39 is 0 Å². The smallest absolute Gasteiger partial charge is 0.163 e. The number of rotatable bonds is 3. The summed E-state index contributed by atoms with van der Waals surface area (Å²) in [5.41, 5.74) is 1.88. The van der Waals surface area contributed by atoms with Crippen LogP contribution in [0.3, 0.4) is 0 Å². The van der Waals surface area contributed by atoms with Crippen LogP contribution in [-0.4, -0.2) is 28.5 Å². The number of hydrogen-bond acceptors (Lipinski definition) is 6. The maximum Gasteiger partial charge on any atom is 0.163 e. The average Bonchev–Trinajstić information content (AvgIpc) is 2.90. The number of nitriles is 1. The number of hydrogen-bond donors (Lipinski definition) is 0. The molecule has 0 spiro atoms. The van der Waals surface area contributed by atoms with Crippen molar-refractivity contribution in [2.24, 2.45) is 0 Å². The monoisotopic (exact) mass is 309 g/mol. The van der Waals surface area contributed by atoms with Crippen molar-refractivity contribution >= 4 is 27.4 Å². The number of thiophene rings is 1. The minimum Gasteiger partial charge on any atom is -0.359 e. The Kier molecular flexibility index (Phi) is 3.73. The molecule has 3 rings (SSSR count). The molecule has 0 amide bonds. The number of fused-ring (bicyclic) bond motifs is 1. The van der Waals surface area contributed by atoms with Crippen molar-refractivity contribution in [3.63, 3.8) is 0 Å². The van der Waals surface area contributed by atoms with Gasteiger partial charge in [-0.25, -0.2) is 9.97 Å². The predicted molar refractivity (Wildman–Crippen MR) is 89.0 cm³/mol. The Balaban J connectivity index is 2.32. The van der Waals surface area contributed by atoms with E-state index in [0.717, 1.165) is 33.7 Å². The Morgan fingerprint density at radius 3 is 2.64 bits per heavy atom. The quantitative estimate of drug-likeness (QED) is 0.742. The van der Waals surface area contributed by atoms with Crippen LogP contribution in [-0.2, 0) is 0 Å². The highest BCUT2D eigenvalue weighted by Gasteiger charge is 2.18. The summed E-state index contributed by atoms with van der Waals surface area (Å²) >= 11 is 1.42. The van der Waals surface area contributed by atoms with Gasteiger partial charge in [-0.15, -0.1) is 11.3 Å². The van der Waals surface area contributed by atoms with E-state index in [-0.39, 0.29) is 0 Å². The maximum absolute atomic E-state index is 9.28. The summed E-state index contributed by atoms with van der Waals surface area (Å²) in [5, 5.41) is 10.3. The van der Waals surface area contributed by atoms with Gasteiger partial charge in [0.05, 0.1) is 5.39 Å². The molecule has 0 saturated heterocycles. The molecule has 0 aliphatic heterocycles. The van der Waals surface area contributed by atoms with Gasteiger partial charge < -0.3 is 4.90 Å². The Hall–Kier alpha value is -2.52. The standard InChI is InChI=1S/C16H15N5S/c1-4-21(3)15-13-10(2)12(9-17)22-16(13)20-14(19-15)11-5-7-18-8-6-11/h5-8H,4H2,1-3H3. The molecular formula is C16H15N5S. The second-order valence-corrected chi connectivity index (χ2v) is 5.97. The molecule has 6 heteroatoms. The molecule has 0 radical (unpaired) electrons. The zero-order chi connectivity index (χ0) is 15.7. The van der Waals surface area contributed by atoms with E-state index in [1.165, 1.54) is 11.3 Å². The SMILES string of the molecule is CCN(C)c1nc(-c2ccncc2)nc2sc(C#N)c(C)c12. The molecule has 0 fully saturated rings. The molecule has 5 nitrogen and oxygen atoms in total. The van der Waals surface area contributed by atoms with Crippen molar-refractivity contribution < 1.29 is 0 Å². The lowest BCUT2D eigenvalue weighted by Crippen LogP contribution is -2.18. The van der Waals surface area contributed by atoms with E-state index >= 15 is 0 Å². The topological polar surface area (TPSA) is 65.7 Å². The Labute approximate surface area is 132 Å². The highest BCUT2D eigenvalue weighted by Crippen LogP contribution is 2.36. The zero-order valence-electron chi connectivity index (χ0n) is 12.7. The highest BCUT2D eigenvalue weighted by molar-refractivity contribution is 7.19. The molecule has 3 aromatic rings. The van der Waals surface area contributed by atoms with Crippen LogP contribution in [0.15, 0.2) is 24.5 Å². The van der Waals surface area contributed by atoms with Crippen molar-refractivity contribution in [1.29, 1.82) is 5.26 Å². The lowest BCUT2D eigenvalue weighted by atomic mass is 10.2. The number of aryl methyl sites for hydroxylation is 1. The average molecular weight is 309 g/mol. The fourth-order valence-electron chi connectivity index (χ4n) is 2.28. The summed E-state index contributed by atoms with van der Waals surface area (Å²) < 4.78 is 0. The Morgan fingerprint density at radius 1 is 1.27 bits per heavy atom. The largest absolute Gasteiger partial charge is 0.359 e. The van der Waals surface area contributed by atoms with E-state index in [0.29, 0.717) is 10.7 Å². The zero-order valence-corrected chi connectivity index (χ0v) is 13.5. The molecule has 0 aromatic carbocycles. The van der Waals surface area contributed by atoms with Crippen molar-refractivity contribution in [2.45, 2.75) is 13.8 Å². The third-order valence-corrected chi connectivity index (χ3v) is 4.74. The van der Waals surface area contributed by atoms with Crippen molar-refractivity contribution in [1.82, 2.24) is 15.0 Å². The van der Waals surface area contributed by atoms with Crippen LogP contribution in [0.1, 0.15) is 17.4 Å². The van der Waals surface area contributed by atoms with Gasteiger partial charge in [0.25, 0.3) is 0 Å². The van der Waals surface area contributed by atoms with E-state index in [2.05, 4.69) is 27.9 Å². The lowest BCUT2D eigenvalue weighted by molar-refractivity contribution is 0.942. The molecule has 22 heavy (non-hydrogen) atoms. The second-order valence-electron chi connectivity index (χ2n) is 4.97. The summed E-state index contributed by atoms with van der Waals surface area (Å²) in [6.45, 7) is 4.87. The van der Waals surface area contributed by atoms with Gasteiger partial charge >= 0.3 is 0 Å². The summed E-state index contributed by atoms with van der Waals surface area (Å²) in [6, 6.07) is 6.03. The highest BCUT2D eigenvalue weighted by atomic mass is 32.1. The molecule has 0 bridgehead atoms. The first-order valence-corrected chi connectivity index (χ1v) is 7.80. The van der Waals surface area contributed by atoms with Crippen molar-refractivity contribution in [3.05, 3.63) is 35.0 Å². The van der Waals surface area contributed by atoms with E-state index in [1.54, 1.807) is 12.4 Å². The first-order valence-electron chi connectivity index (χ1n) is 6.98. The van der Waals surface area contributed by atoms with Crippen LogP contribution in [0.4, 0.5) is 5.82 Å². The fourth-order valence-corrected chi connectivity index (χ4v) is 3.25. The number of anilines is 1. The predicted octanol–water partition coefficient (Wildman–Crippen LogP) is 3.39. The number of nitrogens with zero attached hydrogens (tertiary/aromatic N) is 5. The van der Waals surface area contributed by atoms with Crippen molar-refractivity contribution in [3.8, 4) is 17.5 Å². The van der Waals surface area contributed by atoms with Gasteiger partial charge in [0.1, 0.15) is 21.6 Å². The molecule has 0 N–H and O–H groups in total. The van der Waals surface area contributed by atoms with Gasteiger partial charge in [0.15, 0.2) is 5.82 Å². The van der Waals surface area contributed by atoms with Crippen LogP contribution in [0.25, 0.3) is 21.6 Å². The minimum absolute atomic E-state index is 0.663. The van der Waals surface area contributed by atoms with Crippen molar-refractivity contribution in [2.75, 3.05) is 18.5 Å². The molecule has 3 heterocycles. The lowest BCUT2D eigenvalue weighted by Gasteiger charge is -2.18. The third-order valence-electron chi connectivity index (χ3n) is 3.65. The van der Waals surface area contributed by atoms with Gasteiger partial charge in [0, 0.05) is 31.5 Å². The molecule has 0 saturated carbocycles. The normalized spacial score (nSPS) is 10.6. The van der Waals surface area contributed by atoms with E-state index in [9.17, 15) is 5.26 Å².